The van der Waals surface area contributed by atoms with Crippen LogP contribution in [0.3, 0.4) is 0 Å². The molecule has 16 N–H and O–H groups in total. The number of primary amides is 1. The molecule has 0 spiro atoms. The number of aromatic nitrogens is 1. The SMILES string of the molecule is CC(=O)N[C@H](Cc1ccc2ccccc2c1)C(=O)N[C@@H]1CSSC[C@@H](C(=O)N[C@H](C(N)=O)[C@@H](C)O)NC(=O)[C@H](C(C)C)NC(=O)[C@H](CCCCN)NC(=O)[C@@H](Cc2c[nH]c3ccccc23)NC(=O)[C@H](Cc2ccc(O)cc2)NC1=O.O=C(O)C(F)(F)F. The molecule has 4 aromatic carbocycles. The van der Waals surface area contributed by atoms with Crippen LogP contribution in [-0.4, -0.2) is 158 Å². The number of aliphatic carboxylic acids is 1. The number of carboxylic acids is 1. The van der Waals surface area contributed by atoms with Crippen molar-refractivity contribution in [2.24, 2.45) is 17.4 Å². The summed E-state index contributed by atoms with van der Waals surface area (Å²) in [5.74, 6) is -11.3. The van der Waals surface area contributed by atoms with E-state index >= 15 is 0 Å². The molecule has 5 aromatic rings. The lowest BCUT2D eigenvalue weighted by atomic mass is 10.00. The van der Waals surface area contributed by atoms with Gasteiger partial charge in [-0.25, -0.2) is 4.79 Å². The molecule has 24 nitrogen and oxygen atoms in total. The van der Waals surface area contributed by atoms with Gasteiger partial charge in [0.2, 0.25) is 53.2 Å². The van der Waals surface area contributed by atoms with E-state index in [0.29, 0.717) is 29.5 Å². The fraction of sp³-hybridized carbons (Fsp3) is 0.414. The number of halogens is 3. The lowest BCUT2D eigenvalue weighted by Crippen LogP contribution is -2.62. The van der Waals surface area contributed by atoms with Crippen LogP contribution in [0.15, 0.2) is 97.2 Å². The maximum atomic E-state index is 15.0. The van der Waals surface area contributed by atoms with Gasteiger partial charge in [0.1, 0.15) is 54.1 Å². The minimum Gasteiger partial charge on any atom is -0.508 e. The first-order valence-electron chi connectivity index (χ1n) is 27.6. The molecule has 1 aliphatic heterocycles. The van der Waals surface area contributed by atoms with Gasteiger partial charge < -0.3 is 74.3 Å². The van der Waals surface area contributed by atoms with Gasteiger partial charge in [-0.2, -0.15) is 13.2 Å². The van der Waals surface area contributed by atoms with E-state index in [2.05, 4.69) is 47.5 Å². The molecule has 1 aliphatic rings. The first-order chi connectivity index (χ1) is 41.1. The second-order valence-corrected chi connectivity index (χ2v) is 23.4. The predicted molar refractivity (Wildman–Crippen MR) is 320 cm³/mol. The van der Waals surface area contributed by atoms with Crippen LogP contribution in [0.1, 0.15) is 63.6 Å². The Morgan fingerprint density at radius 3 is 1.92 bits per heavy atom. The molecule has 1 saturated heterocycles. The number of nitrogens with one attached hydrogen (secondary N) is 9. The highest BCUT2D eigenvalue weighted by molar-refractivity contribution is 8.76. The number of nitrogens with two attached hydrogens (primary N) is 2. The van der Waals surface area contributed by atoms with E-state index in [-0.39, 0.29) is 49.5 Å². The van der Waals surface area contributed by atoms with Crippen LogP contribution in [0.5, 0.6) is 5.75 Å². The quantitative estimate of drug-likeness (QED) is 0.0438. The fourth-order valence-electron chi connectivity index (χ4n) is 9.05. The zero-order chi connectivity index (χ0) is 64.1. The van der Waals surface area contributed by atoms with Crippen molar-refractivity contribution >= 4 is 102 Å². The van der Waals surface area contributed by atoms with Crippen LogP contribution in [-0.2, 0) is 67.2 Å². The number of benzene rings is 4. The Labute approximate surface area is 506 Å². The number of phenolic OH excluding ortho intramolecular Hbond substituents is 1. The second-order valence-electron chi connectivity index (χ2n) is 20.9. The fourth-order valence-corrected chi connectivity index (χ4v) is 11.4. The number of rotatable bonds is 18. The van der Waals surface area contributed by atoms with E-state index in [4.69, 9.17) is 21.4 Å². The van der Waals surface area contributed by atoms with Gasteiger partial charge in [0.05, 0.1) is 6.10 Å². The minimum absolute atomic E-state index is 0.0131. The van der Waals surface area contributed by atoms with Crippen LogP contribution >= 0.6 is 21.6 Å². The lowest BCUT2D eigenvalue weighted by molar-refractivity contribution is -0.192. The van der Waals surface area contributed by atoms with E-state index < -0.39 is 126 Å². The number of aliphatic hydroxyl groups excluding tert-OH is 1. The first kappa shape index (κ1) is 69.4. The molecule has 29 heteroatoms. The summed E-state index contributed by atoms with van der Waals surface area (Å²) in [6, 6.07) is 15.2. The number of aromatic hydroxyl groups is 1. The lowest BCUT2D eigenvalue weighted by Gasteiger charge is -2.29. The topological polar surface area (TPSA) is 395 Å². The standard InChI is InChI=1S/C56H71N11O11S2.C2HF3O2/c1-30(2)47-56(78)65-46(55(77)67-48(31(3)68)49(58)71)29-80-79-28-45(64-51(73)42(60-32(4)69)25-34-16-19-35-11-5-6-12-36(35)23-34)54(76)62-43(24-33-17-20-38(70)21-18-33)52(74)63-44(26-37-27-59-40-14-8-7-13-39(37)40)53(75)61-41(50(72)66-47)15-9-10-22-57;3-2(4,5)1(6)7/h5-8,11-14,16-21,23,27,30-31,41-48,59,68,70H,9-10,15,22,24-26,28-29,57H2,1-4H3,(H2,58,71)(H,60,69)(H,61,75)(H,62,76)(H,63,74)(H,64,73)(H,65,78)(H,66,72)(H,67,77);(H,6,7)/t31-,41+,42-,43+,44-,45-,46+,47+,48+;/m1./s1. The summed E-state index contributed by atoms with van der Waals surface area (Å²) in [5, 5.41) is 51.9. The Hall–Kier alpha value is -8.41. The van der Waals surface area contributed by atoms with Crippen molar-refractivity contribution in [2.75, 3.05) is 18.1 Å². The van der Waals surface area contributed by atoms with Crippen molar-refractivity contribution in [1.29, 1.82) is 0 Å². The van der Waals surface area contributed by atoms with Crippen LogP contribution in [0.25, 0.3) is 21.7 Å². The summed E-state index contributed by atoms with van der Waals surface area (Å²) in [4.78, 5) is 139. The largest absolute Gasteiger partial charge is 0.508 e. The Bertz CT molecular complexity index is 3240. The molecule has 470 valence electrons. The van der Waals surface area contributed by atoms with E-state index in [1.807, 2.05) is 66.7 Å². The molecule has 9 atom stereocenters. The number of aliphatic hydroxyl groups is 1. The molecule has 1 aromatic heterocycles. The molecule has 0 radical (unpaired) electrons. The maximum Gasteiger partial charge on any atom is 0.490 e. The van der Waals surface area contributed by atoms with Crippen LogP contribution < -0.4 is 54.0 Å². The molecule has 0 unspecified atom stereocenters. The molecule has 87 heavy (non-hydrogen) atoms. The molecular formula is C58H72F3N11O13S2. The highest BCUT2D eigenvalue weighted by Crippen LogP contribution is 2.25. The highest BCUT2D eigenvalue weighted by atomic mass is 33.1. The smallest absolute Gasteiger partial charge is 0.490 e. The summed E-state index contributed by atoms with van der Waals surface area (Å²) in [7, 11) is 1.97. The number of aromatic amines is 1. The van der Waals surface area contributed by atoms with Gasteiger partial charge in [0.25, 0.3) is 0 Å². The average Bonchev–Trinajstić information content (AvgIpc) is 3.61. The van der Waals surface area contributed by atoms with Crippen molar-refractivity contribution in [3.8, 4) is 5.75 Å². The number of unbranched alkanes of at least 4 members (excludes halogenated alkanes) is 1. The molecule has 1 fully saturated rings. The second kappa shape index (κ2) is 32.9. The number of alkyl halides is 3. The number of carbonyl (C=O) groups is 10. The molecule has 6 rings (SSSR count). The number of carbonyl (C=O) groups excluding carboxylic acids is 9. The Kier molecular flexibility index (Phi) is 26.2. The normalized spacial score (nSPS) is 20.4. The number of carboxylic acid groups (broad SMARTS) is 1. The zero-order valence-electron chi connectivity index (χ0n) is 47.9. The molecule has 0 bridgehead atoms. The highest BCUT2D eigenvalue weighted by Gasteiger charge is 2.39. The zero-order valence-corrected chi connectivity index (χ0v) is 49.5. The van der Waals surface area contributed by atoms with Gasteiger partial charge in [0, 0.05) is 54.8 Å². The minimum atomic E-state index is -5.08. The average molecular weight is 1250 g/mol. The summed E-state index contributed by atoms with van der Waals surface area (Å²) in [6.07, 6.45) is -4.24. The number of hydrogen-bond donors (Lipinski definition) is 14. The van der Waals surface area contributed by atoms with Crippen molar-refractivity contribution in [1.82, 2.24) is 47.5 Å². The van der Waals surface area contributed by atoms with Crippen LogP contribution in [0, 0.1) is 5.92 Å². The Morgan fingerprint density at radius 1 is 0.713 bits per heavy atom. The van der Waals surface area contributed by atoms with Gasteiger partial charge in [0.15, 0.2) is 0 Å². The first-order valence-corrected chi connectivity index (χ1v) is 30.1. The number of fused-ring (bicyclic) bond motifs is 2. The summed E-state index contributed by atoms with van der Waals surface area (Å²) < 4.78 is 31.7. The van der Waals surface area contributed by atoms with Crippen LogP contribution in [0.4, 0.5) is 13.2 Å². The van der Waals surface area contributed by atoms with E-state index in [0.717, 1.165) is 43.3 Å². The predicted octanol–water partition coefficient (Wildman–Crippen LogP) is 1.63. The van der Waals surface area contributed by atoms with Gasteiger partial charge >= 0.3 is 12.1 Å². The van der Waals surface area contributed by atoms with Gasteiger partial charge in [-0.1, -0.05) is 108 Å². The number of amides is 9. The maximum absolute atomic E-state index is 15.0. The molecule has 2 heterocycles. The van der Waals surface area contributed by atoms with E-state index in [1.54, 1.807) is 32.2 Å². The monoisotopic (exact) mass is 1250 g/mol. The molecular weight excluding hydrogens is 1180 g/mol. The van der Waals surface area contributed by atoms with Gasteiger partial charge in [-0.15, -0.1) is 0 Å². The van der Waals surface area contributed by atoms with Crippen molar-refractivity contribution in [2.45, 2.75) is 127 Å². The number of para-hydroxylation sites is 1. The molecule has 9 amide bonds. The van der Waals surface area contributed by atoms with Crippen LogP contribution in [0.2, 0.25) is 0 Å². The van der Waals surface area contributed by atoms with Crippen molar-refractivity contribution in [3.63, 3.8) is 0 Å². The molecule has 0 aliphatic carbocycles. The molecule has 0 saturated carbocycles. The summed E-state index contributed by atoms with van der Waals surface area (Å²) >= 11 is 0. The van der Waals surface area contributed by atoms with E-state index in [1.165, 1.54) is 26.0 Å². The third kappa shape index (κ3) is 21.5. The van der Waals surface area contributed by atoms with E-state index in [9.17, 15) is 66.5 Å². The van der Waals surface area contributed by atoms with Gasteiger partial charge in [-0.05, 0) is 84.3 Å². The van der Waals surface area contributed by atoms with Crippen molar-refractivity contribution in [3.05, 3.63) is 114 Å². The Balaban J connectivity index is 0.00000185. The summed E-state index contributed by atoms with van der Waals surface area (Å²) in [6.45, 7) is 6.06. The Morgan fingerprint density at radius 2 is 1.30 bits per heavy atom. The summed E-state index contributed by atoms with van der Waals surface area (Å²) in [5.41, 5.74) is 13.9. The number of hydrogen-bond acceptors (Lipinski definition) is 15. The third-order valence-electron chi connectivity index (χ3n) is 13.7. The van der Waals surface area contributed by atoms with Gasteiger partial charge in [-0.3, -0.25) is 43.2 Å². The number of H-pyrrole nitrogens is 1. The van der Waals surface area contributed by atoms with Crippen molar-refractivity contribution < 1.29 is 76.4 Å². The third-order valence-corrected chi connectivity index (χ3v) is 16.1. The number of phenols is 1.